The van der Waals surface area contributed by atoms with E-state index in [4.69, 9.17) is 16.3 Å². The van der Waals surface area contributed by atoms with Gasteiger partial charge in [0.2, 0.25) is 0 Å². The average molecular weight is 432 g/mol. The minimum atomic E-state index is -0.182. The minimum absolute atomic E-state index is 0.155. The van der Waals surface area contributed by atoms with E-state index in [-0.39, 0.29) is 11.9 Å². The highest BCUT2D eigenvalue weighted by Gasteiger charge is 2.15. The predicted molar refractivity (Wildman–Crippen MR) is 80.7 cm³/mol. The van der Waals surface area contributed by atoms with Gasteiger partial charge in [0.1, 0.15) is 0 Å². The molecule has 1 amide bonds. The second kappa shape index (κ2) is 7.56. The topological polar surface area (TPSA) is 38.3 Å². The van der Waals surface area contributed by atoms with Crippen molar-refractivity contribution in [3.8, 4) is 0 Å². The summed E-state index contributed by atoms with van der Waals surface area (Å²) < 4.78 is 6.74. The van der Waals surface area contributed by atoms with Crippen LogP contribution < -0.4 is 5.32 Å². The first kappa shape index (κ1) is 15.2. The highest BCUT2D eigenvalue weighted by atomic mass is 127. The van der Waals surface area contributed by atoms with Gasteiger partial charge < -0.3 is 10.1 Å². The molecule has 94 valence electrons. The lowest BCUT2D eigenvalue weighted by atomic mass is 10.2. The second-order valence-corrected chi connectivity index (χ2v) is 5.81. The summed E-state index contributed by atoms with van der Waals surface area (Å²) in [5.41, 5.74) is 0.600. The van der Waals surface area contributed by atoms with Crippen molar-refractivity contribution in [1.29, 1.82) is 0 Å². The molecule has 3 nitrogen and oxygen atoms in total. The standard InChI is InChI=1S/C11H12BrClINO2/c1-17-6-8(5-13)15-11(16)9-4-7(14)2-3-10(9)12/h2-4,8H,5-6H2,1H3,(H,15,16). The molecule has 1 atom stereocenters. The van der Waals surface area contributed by atoms with Crippen molar-refractivity contribution in [3.63, 3.8) is 0 Å². The fourth-order valence-electron chi connectivity index (χ4n) is 1.26. The molecule has 0 spiro atoms. The van der Waals surface area contributed by atoms with Crippen LogP contribution in [0.15, 0.2) is 22.7 Å². The van der Waals surface area contributed by atoms with Gasteiger partial charge in [0.05, 0.1) is 18.2 Å². The molecular formula is C11H12BrClINO2. The summed E-state index contributed by atoms with van der Waals surface area (Å²) >= 11 is 11.3. The summed E-state index contributed by atoms with van der Waals surface area (Å²) in [5.74, 6) is 0.166. The van der Waals surface area contributed by atoms with Crippen LogP contribution in [0, 0.1) is 3.57 Å². The molecule has 0 fully saturated rings. The molecule has 0 saturated carbocycles. The first-order chi connectivity index (χ1) is 8.08. The maximum atomic E-state index is 12.0. The summed E-state index contributed by atoms with van der Waals surface area (Å²) in [6, 6.07) is 5.41. The normalized spacial score (nSPS) is 12.2. The van der Waals surface area contributed by atoms with Gasteiger partial charge in [-0.1, -0.05) is 0 Å². The number of hydrogen-bond acceptors (Lipinski definition) is 2. The van der Waals surface area contributed by atoms with E-state index >= 15 is 0 Å². The van der Waals surface area contributed by atoms with Gasteiger partial charge in [-0.25, -0.2) is 0 Å². The molecule has 0 aliphatic carbocycles. The van der Waals surface area contributed by atoms with E-state index in [1.54, 1.807) is 7.11 Å². The minimum Gasteiger partial charge on any atom is -0.383 e. The van der Waals surface area contributed by atoms with E-state index in [0.717, 1.165) is 8.04 Å². The number of hydrogen-bond donors (Lipinski definition) is 1. The molecule has 0 bridgehead atoms. The Morgan fingerprint density at radius 3 is 2.94 bits per heavy atom. The van der Waals surface area contributed by atoms with Crippen LogP contribution >= 0.6 is 50.1 Å². The zero-order chi connectivity index (χ0) is 12.8. The Labute approximate surface area is 128 Å². The van der Waals surface area contributed by atoms with Crippen molar-refractivity contribution in [2.24, 2.45) is 0 Å². The van der Waals surface area contributed by atoms with Crippen molar-refractivity contribution in [2.75, 3.05) is 19.6 Å². The maximum Gasteiger partial charge on any atom is 0.252 e. The Morgan fingerprint density at radius 2 is 2.35 bits per heavy atom. The molecule has 0 radical (unpaired) electrons. The number of methoxy groups -OCH3 is 1. The molecule has 0 aromatic heterocycles. The number of benzene rings is 1. The number of ether oxygens (including phenoxy) is 1. The van der Waals surface area contributed by atoms with E-state index in [0.29, 0.717) is 18.1 Å². The van der Waals surface area contributed by atoms with Crippen LogP contribution in [0.3, 0.4) is 0 Å². The number of carbonyl (C=O) groups excluding carboxylic acids is 1. The van der Waals surface area contributed by atoms with E-state index in [2.05, 4.69) is 43.8 Å². The Bertz CT molecular complexity index is 403. The molecule has 0 heterocycles. The molecule has 1 N–H and O–H groups in total. The van der Waals surface area contributed by atoms with Crippen molar-refractivity contribution in [1.82, 2.24) is 5.32 Å². The SMILES string of the molecule is COCC(CCl)NC(=O)c1cc(I)ccc1Br. The highest BCUT2D eigenvalue weighted by molar-refractivity contribution is 14.1. The lowest BCUT2D eigenvalue weighted by molar-refractivity contribution is 0.0906. The van der Waals surface area contributed by atoms with Gasteiger partial charge in [0.15, 0.2) is 0 Å². The van der Waals surface area contributed by atoms with Gasteiger partial charge in [-0.15, -0.1) is 11.6 Å². The van der Waals surface area contributed by atoms with E-state index in [1.807, 2.05) is 18.2 Å². The predicted octanol–water partition coefficient (Wildman–Crippen LogP) is 3.04. The molecule has 0 aliphatic rings. The first-order valence-electron chi connectivity index (χ1n) is 4.89. The number of amides is 1. The van der Waals surface area contributed by atoms with Crippen molar-refractivity contribution in [2.45, 2.75) is 6.04 Å². The van der Waals surface area contributed by atoms with Crippen molar-refractivity contribution < 1.29 is 9.53 Å². The Kier molecular flexibility index (Phi) is 6.76. The third-order valence-corrected chi connectivity index (χ3v) is 3.80. The molecule has 0 saturated heterocycles. The molecule has 17 heavy (non-hydrogen) atoms. The number of alkyl halides is 1. The second-order valence-electron chi connectivity index (χ2n) is 3.40. The summed E-state index contributed by atoms with van der Waals surface area (Å²) in [7, 11) is 1.58. The van der Waals surface area contributed by atoms with Gasteiger partial charge in [-0.2, -0.15) is 0 Å². The summed E-state index contributed by atoms with van der Waals surface area (Å²) in [6.45, 7) is 0.400. The van der Waals surface area contributed by atoms with Crippen molar-refractivity contribution in [3.05, 3.63) is 31.8 Å². The highest BCUT2D eigenvalue weighted by Crippen LogP contribution is 2.19. The zero-order valence-corrected chi connectivity index (χ0v) is 13.7. The van der Waals surface area contributed by atoms with E-state index in [9.17, 15) is 4.79 Å². The Hall–Kier alpha value is 0.150. The van der Waals surface area contributed by atoms with Crippen molar-refractivity contribution >= 4 is 56.0 Å². The van der Waals surface area contributed by atoms with Gasteiger partial charge in [0, 0.05) is 21.0 Å². The van der Waals surface area contributed by atoms with Crippen LogP contribution in [0.25, 0.3) is 0 Å². The molecular weight excluding hydrogens is 420 g/mol. The summed E-state index contributed by atoms with van der Waals surface area (Å²) in [5, 5.41) is 2.82. The third-order valence-electron chi connectivity index (χ3n) is 2.06. The van der Waals surface area contributed by atoms with E-state index in [1.165, 1.54) is 0 Å². The first-order valence-corrected chi connectivity index (χ1v) is 7.30. The van der Waals surface area contributed by atoms with Gasteiger partial charge in [0.25, 0.3) is 5.91 Å². The largest absolute Gasteiger partial charge is 0.383 e. The molecule has 0 aliphatic heterocycles. The average Bonchev–Trinajstić information content (AvgIpc) is 2.31. The Morgan fingerprint density at radius 1 is 1.65 bits per heavy atom. The molecule has 1 rings (SSSR count). The Balaban J connectivity index is 2.78. The van der Waals surface area contributed by atoms with Crippen LogP contribution in [0.4, 0.5) is 0 Å². The summed E-state index contributed by atoms with van der Waals surface area (Å²) in [6.07, 6.45) is 0. The van der Waals surface area contributed by atoms with Crippen LogP contribution in [0.2, 0.25) is 0 Å². The molecule has 6 heteroatoms. The van der Waals surface area contributed by atoms with Gasteiger partial charge in [-0.05, 0) is 56.7 Å². The fourth-order valence-corrected chi connectivity index (χ4v) is 2.34. The lowest BCUT2D eigenvalue weighted by Crippen LogP contribution is -2.39. The monoisotopic (exact) mass is 431 g/mol. The molecule has 1 unspecified atom stereocenters. The molecule has 1 aromatic carbocycles. The number of nitrogens with one attached hydrogen (secondary N) is 1. The van der Waals surface area contributed by atoms with Crippen LogP contribution in [0.5, 0.6) is 0 Å². The quantitative estimate of drug-likeness (QED) is 0.574. The fraction of sp³-hybridized carbons (Fsp3) is 0.364. The number of carbonyl (C=O) groups is 1. The number of rotatable bonds is 5. The summed E-state index contributed by atoms with van der Waals surface area (Å²) in [4.78, 5) is 12.0. The van der Waals surface area contributed by atoms with Gasteiger partial charge in [-0.3, -0.25) is 4.79 Å². The smallest absolute Gasteiger partial charge is 0.252 e. The van der Waals surface area contributed by atoms with E-state index < -0.39 is 0 Å². The van der Waals surface area contributed by atoms with Crippen LogP contribution in [-0.4, -0.2) is 31.5 Å². The molecule has 1 aromatic rings. The third kappa shape index (κ3) is 4.73. The maximum absolute atomic E-state index is 12.0. The number of halogens is 3. The van der Waals surface area contributed by atoms with Crippen LogP contribution in [0.1, 0.15) is 10.4 Å². The lowest BCUT2D eigenvalue weighted by Gasteiger charge is -2.15. The van der Waals surface area contributed by atoms with Gasteiger partial charge >= 0.3 is 0 Å². The zero-order valence-electron chi connectivity index (χ0n) is 9.17. The van der Waals surface area contributed by atoms with Crippen LogP contribution in [-0.2, 0) is 4.74 Å².